The molecule has 1 aliphatic rings. The lowest BCUT2D eigenvalue weighted by atomic mass is 9.98. The highest BCUT2D eigenvalue weighted by Crippen LogP contribution is 2.35. The normalized spacial score (nSPS) is 14.8. The Morgan fingerprint density at radius 1 is 1.18 bits per heavy atom. The molecule has 13 heteroatoms. The number of aliphatic hydroxyl groups is 1. The summed E-state index contributed by atoms with van der Waals surface area (Å²) in [5.41, 5.74) is -0.650. The fourth-order valence-corrected chi connectivity index (χ4v) is 4.44. The first-order valence-corrected chi connectivity index (χ1v) is 12.3. The second-order valence-corrected chi connectivity index (χ2v) is 9.00. The Morgan fingerprint density at radius 2 is 1.92 bits per heavy atom. The highest BCUT2D eigenvalue weighted by molar-refractivity contribution is 5.92. The zero-order chi connectivity index (χ0) is 27.1. The molecule has 0 radical (unpaired) electrons. The van der Waals surface area contributed by atoms with E-state index in [1.807, 2.05) is 0 Å². The summed E-state index contributed by atoms with van der Waals surface area (Å²) in [5, 5.41) is 20.1. The highest BCUT2D eigenvalue weighted by atomic mass is 19.4. The van der Waals surface area contributed by atoms with Crippen LogP contribution in [-0.2, 0) is 11.3 Å². The lowest BCUT2D eigenvalue weighted by molar-refractivity contribution is -0.275. The molecule has 2 heterocycles. The zero-order valence-electron chi connectivity index (χ0n) is 20.4. The number of aromatic nitrogens is 4. The summed E-state index contributed by atoms with van der Waals surface area (Å²) in [5.74, 6) is -0.840. The second-order valence-electron chi connectivity index (χ2n) is 9.00. The van der Waals surface area contributed by atoms with Crippen molar-refractivity contribution in [2.75, 3.05) is 11.9 Å². The first-order valence-electron chi connectivity index (χ1n) is 12.3. The van der Waals surface area contributed by atoms with Crippen molar-refractivity contribution in [3.63, 3.8) is 0 Å². The van der Waals surface area contributed by atoms with Crippen LogP contribution in [0.25, 0.3) is 0 Å². The summed E-state index contributed by atoms with van der Waals surface area (Å²) < 4.78 is 50.3. The van der Waals surface area contributed by atoms with E-state index in [1.54, 1.807) is 16.9 Å². The summed E-state index contributed by atoms with van der Waals surface area (Å²) in [4.78, 5) is 26.3. The Morgan fingerprint density at radius 3 is 2.61 bits per heavy atom. The number of halogens is 3. The van der Waals surface area contributed by atoms with Crippen molar-refractivity contribution in [2.45, 2.75) is 57.5 Å². The molecular formula is C25H28F3N5O5. The van der Waals surface area contributed by atoms with Crippen LogP contribution in [0, 0.1) is 5.92 Å². The third kappa shape index (κ3) is 7.34. The third-order valence-electron chi connectivity index (χ3n) is 6.17. The van der Waals surface area contributed by atoms with E-state index in [1.165, 1.54) is 24.4 Å². The quantitative estimate of drug-likeness (QED) is 0.376. The van der Waals surface area contributed by atoms with Crippen molar-refractivity contribution in [1.82, 2.24) is 19.6 Å². The number of para-hydroxylation sites is 2. The number of ether oxygens (including phenoxy) is 2. The van der Waals surface area contributed by atoms with Gasteiger partial charge >= 0.3 is 6.36 Å². The molecule has 38 heavy (non-hydrogen) atoms. The predicted octanol–water partition coefficient (Wildman–Crippen LogP) is 4.27. The van der Waals surface area contributed by atoms with E-state index in [-0.39, 0.29) is 24.0 Å². The minimum absolute atomic E-state index is 0.0141. The number of nitrogens with zero attached hydrogens (tertiary/aromatic N) is 4. The molecule has 10 nitrogen and oxygen atoms in total. The topological polar surface area (TPSA) is 121 Å². The Bertz CT molecular complexity index is 1290. The first-order chi connectivity index (χ1) is 18.2. The molecule has 1 aromatic carbocycles. The molecule has 0 spiro atoms. The molecule has 1 amide bonds. The number of carbonyl (C=O) groups is 1. The Hall–Kier alpha value is -3.87. The van der Waals surface area contributed by atoms with Gasteiger partial charge in [0.1, 0.15) is 6.04 Å². The van der Waals surface area contributed by atoms with Crippen molar-refractivity contribution >= 4 is 11.7 Å². The SMILES string of the molecule is O=C(Nc1ccn(CCCO)n1)C(CC1CCCC1)n1ncc(Oc2ccccc2OC(F)(F)F)cc1=O. The maximum atomic E-state index is 13.3. The van der Waals surface area contributed by atoms with Gasteiger partial charge in [0.25, 0.3) is 11.5 Å². The van der Waals surface area contributed by atoms with Crippen molar-refractivity contribution < 1.29 is 32.5 Å². The number of hydrogen-bond acceptors (Lipinski definition) is 7. The number of alkyl halides is 3. The summed E-state index contributed by atoms with van der Waals surface area (Å²) in [6, 6.07) is 6.92. The number of amides is 1. The van der Waals surface area contributed by atoms with Gasteiger partial charge < -0.3 is 19.9 Å². The molecule has 4 rings (SSSR count). The number of anilines is 1. The lowest BCUT2D eigenvalue weighted by Gasteiger charge is -2.21. The molecule has 2 N–H and O–H groups in total. The molecular weight excluding hydrogens is 507 g/mol. The minimum Gasteiger partial charge on any atom is -0.452 e. The van der Waals surface area contributed by atoms with Gasteiger partial charge in [-0.25, -0.2) is 4.68 Å². The zero-order valence-corrected chi connectivity index (χ0v) is 20.4. The van der Waals surface area contributed by atoms with Crippen LogP contribution in [0.1, 0.15) is 44.6 Å². The molecule has 204 valence electrons. The third-order valence-corrected chi connectivity index (χ3v) is 6.17. The second kappa shape index (κ2) is 12.1. The van der Waals surface area contributed by atoms with E-state index in [0.29, 0.717) is 25.2 Å². The Labute approximate surface area is 216 Å². The van der Waals surface area contributed by atoms with E-state index < -0.39 is 29.6 Å². The van der Waals surface area contributed by atoms with E-state index >= 15 is 0 Å². The van der Waals surface area contributed by atoms with Crippen molar-refractivity contribution in [1.29, 1.82) is 0 Å². The molecule has 0 saturated heterocycles. The van der Waals surface area contributed by atoms with Gasteiger partial charge in [-0.2, -0.15) is 10.2 Å². The van der Waals surface area contributed by atoms with Crippen LogP contribution in [0.2, 0.25) is 0 Å². The molecule has 1 atom stereocenters. The van der Waals surface area contributed by atoms with Gasteiger partial charge in [-0.3, -0.25) is 14.3 Å². The number of benzene rings is 1. The fraction of sp³-hybridized carbons (Fsp3) is 0.440. The highest BCUT2D eigenvalue weighted by Gasteiger charge is 2.33. The van der Waals surface area contributed by atoms with E-state index in [4.69, 9.17) is 9.84 Å². The molecule has 1 fully saturated rings. The van der Waals surface area contributed by atoms with E-state index in [0.717, 1.165) is 42.5 Å². The predicted molar refractivity (Wildman–Crippen MR) is 130 cm³/mol. The number of nitrogens with one attached hydrogen (secondary N) is 1. The molecule has 1 aliphatic carbocycles. The van der Waals surface area contributed by atoms with Gasteiger partial charge in [0, 0.05) is 31.5 Å². The fourth-order valence-electron chi connectivity index (χ4n) is 4.44. The number of carbonyl (C=O) groups excluding carboxylic acids is 1. The summed E-state index contributed by atoms with van der Waals surface area (Å²) in [6.45, 7) is 0.498. The standard InChI is InChI=1S/C25H28F3N5O5/c26-25(27,28)38-21-9-4-3-8-20(21)37-18-15-23(35)33(29-16-18)19(14-17-6-1-2-7-17)24(36)30-22-10-12-32(31-22)11-5-13-34/h3-4,8-10,12,15-17,19,34H,1-2,5-7,11,13-14H2,(H,30,31,36). The van der Waals surface area contributed by atoms with Gasteiger partial charge in [0.15, 0.2) is 23.1 Å². The lowest BCUT2D eigenvalue weighted by Crippen LogP contribution is -2.36. The average molecular weight is 536 g/mol. The van der Waals surface area contributed by atoms with Gasteiger partial charge in [-0.05, 0) is 30.9 Å². The molecule has 2 aromatic heterocycles. The Balaban J connectivity index is 1.54. The minimum atomic E-state index is -4.92. The summed E-state index contributed by atoms with van der Waals surface area (Å²) in [6.07, 6.45) is 2.80. The number of hydrogen-bond donors (Lipinski definition) is 2. The first kappa shape index (κ1) is 27.2. The number of aryl methyl sites for hydroxylation is 1. The summed E-state index contributed by atoms with van der Waals surface area (Å²) in [7, 11) is 0. The van der Waals surface area contributed by atoms with Crippen molar-refractivity contribution in [3.8, 4) is 17.2 Å². The molecule has 1 saturated carbocycles. The van der Waals surface area contributed by atoms with Crippen LogP contribution in [0.4, 0.5) is 19.0 Å². The van der Waals surface area contributed by atoms with Gasteiger partial charge in [0.05, 0.1) is 6.20 Å². The van der Waals surface area contributed by atoms with Crippen LogP contribution in [0.5, 0.6) is 17.2 Å². The molecule has 1 unspecified atom stereocenters. The largest absolute Gasteiger partial charge is 0.573 e. The Kier molecular flexibility index (Phi) is 8.66. The van der Waals surface area contributed by atoms with E-state index in [2.05, 4.69) is 20.3 Å². The maximum absolute atomic E-state index is 13.3. The molecule has 0 aliphatic heterocycles. The van der Waals surface area contributed by atoms with Crippen molar-refractivity contribution in [3.05, 3.63) is 59.1 Å². The van der Waals surface area contributed by atoms with Gasteiger partial charge in [-0.1, -0.05) is 37.8 Å². The number of rotatable bonds is 11. The number of aliphatic hydroxyl groups excluding tert-OH is 1. The van der Waals surface area contributed by atoms with Gasteiger partial charge in [-0.15, -0.1) is 13.2 Å². The monoisotopic (exact) mass is 535 g/mol. The van der Waals surface area contributed by atoms with E-state index in [9.17, 15) is 22.8 Å². The van der Waals surface area contributed by atoms with Crippen LogP contribution in [0.3, 0.4) is 0 Å². The van der Waals surface area contributed by atoms with Crippen LogP contribution >= 0.6 is 0 Å². The van der Waals surface area contributed by atoms with Crippen LogP contribution in [-0.4, -0.2) is 43.5 Å². The van der Waals surface area contributed by atoms with Crippen molar-refractivity contribution in [2.24, 2.45) is 5.92 Å². The van der Waals surface area contributed by atoms with Crippen LogP contribution < -0.4 is 20.3 Å². The van der Waals surface area contributed by atoms with Crippen LogP contribution in [0.15, 0.2) is 53.6 Å². The molecule has 0 bridgehead atoms. The molecule has 3 aromatic rings. The maximum Gasteiger partial charge on any atom is 0.573 e. The van der Waals surface area contributed by atoms with Gasteiger partial charge in [0.2, 0.25) is 0 Å². The average Bonchev–Trinajstić information content (AvgIpc) is 3.54. The summed E-state index contributed by atoms with van der Waals surface area (Å²) >= 11 is 0. The smallest absolute Gasteiger partial charge is 0.452 e.